The highest BCUT2D eigenvalue weighted by Gasteiger charge is 2.39. The molecule has 0 heterocycles. The van der Waals surface area contributed by atoms with Gasteiger partial charge in [0.05, 0.1) is 6.10 Å². The van der Waals surface area contributed by atoms with E-state index in [1.807, 2.05) is 24.3 Å². The molecule has 4 nitrogen and oxygen atoms in total. The zero-order valence-corrected chi connectivity index (χ0v) is 12.4. The van der Waals surface area contributed by atoms with Crippen molar-refractivity contribution in [1.82, 2.24) is 0 Å². The van der Waals surface area contributed by atoms with Crippen molar-refractivity contribution < 1.29 is 14.6 Å². The van der Waals surface area contributed by atoms with Crippen LogP contribution in [0.15, 0.2) is 24.3 Å². The van der Waals surface area contributed by atoms with Gasteiger partial charge in [0.2, 0.25) is 5.91 Å². The Morgan fingerprint density at radius 2 is 1.90 bits per heavy atom. The molecule has 114 valence electrons. The Labute approximate surface area is 125 Å². The third-order valence-electron chi connectivity index (χ3n) is 4.52. The number of carbonyl (C=O) groups excluding carboxylic acids is 1. The fourth-order valence-electron chi connectivity index (χ4n) is 2.93. The number of aliphatic hydroxyl groups is 1. The highest BCUT2D eigenvalue weighted by atomic mass is 16.5. The fourth-order valence-corrected chi connectivity index (χ4v) is 2.93. The number of hydrogen-bond donors (Lipinski definition) is 2. The van der Waals surface area contributed by atoms with E-state index < -0.39 is 0 Å². The highest BCUT2D eigenvalue weighted by Crippen LogP contribution is 2.38. The van der Waals surface area contributed by atoms with Gasteiger partial charge >= 0.3 is 0 Å². The summed E-state index contributed by atoms with van der Waals surface area (Å²) in [6, 6.07) is 7.42. The van der Waals surface area contributed by atoms with Gasteiger partial charge in [-0.25, -0.2) is 0 Å². The molecule has 21 heavy (non-hydrogen) atoms. The van der Waals surface area contributed by atoms with Crippen molar-refractivity contribution in [2.45, 2.75) is 51.2 Å². The van der Waals surface area contributed by atoms with E-state index in [1.54, 1.807) is 0 Å². The Morgan fingerprint density at radius 3 is 2.52 bits per heavy atom. The summed E-state index contributed by atoms with van der Waals surface area (Å²) in [5, 5.41) is 12.8. The van der Waals surface area contributed by atoms with Crippen molar-refractivity contribution in [3.8, 4) is 5.75 Å². The van der Waals surface area contributed by atoms with Crippen LogP contribution in [-0.2, 0) is 4.79 Å². The lowest BCUT2D eigenvalue weighted by molar-refractivity contribution is -0.117. The molecule has 0 aromatic heterocycles. The molecule has 2 N–H and O–H groups in total. The predicted octanol–water partition coefficient (Wildman–Crippen LogP) is 2.96. The van der Waals surface area contributed by atoms with E-state index in [0.717, 1.165) is 43.5 Å². The van der Waals surface area contributed by atoms with Crippen molar-refractivity contribution in [3.63, 3.8) is 0 Å². The van der Waals surface area contributed by atoms with E-state index in [4.69, 9.17) is 4.74 Å². The van der Waals surface area contributed by atoms with Crippen LogP contribution in [0, 0.1) is 11.8 Å². The Kier molecular flexibility index (Phi) is 4.15. The summed E-state index contributed by atoms with van der Waals surface area (Å²) < 4.78 is 5.84. The smallest absolute Gasteiger partial charge is 0.227 e. The molecule has 4 unspecified atom stereocenters. The van der Waals surface area contributed by atoms with E-state index in [2.05, 4.69) is 12.2 Å². The van der Waals surface area contributed by atoms with Crippen LogP contribution in [0.5, 0.6) is 5.75 Å². The third kappa shape index (κ3) is 3.56. The van der Waals surface area contributed by atoms with Crippen molar-refractivity contribution in [3.05, 3.63) is 24.3 Å². The summed E-state index contributed by atoms with van der Waals surface area (Å²) in [6.07, 6.45) is 4.42. The van der Waals surface area contributed by atoms with E-state index in [9.17, 15) is 9.90 Å². The Bertz CT molecular complexity index is 499. The molecule has 4 atom stereocenters. The zero-order valence-electron chi connectivity index (χ0n) is 12.4. The molecule has 4 heteroatoms. The van der Waals surface area contributed by atoms with E-state index in [-0.39, 0.29) is 24.0 Å². The molecule has 1 aromatic rings. The quantitative estimate of drug-likeness (QED) is 0.896. The van der Waals surface area contributed by atoms with Crippen LogP contribution in [0.3, 0.4) is 0 Å². The van der Waals surface area contributed by atoms with Crippen LogP contribution >= 0.6 is 0 Å². The van der Waals surface area contributed by atoms with Crippen molar-refractivity contribution in [1.29, 1.82) is 0 Å². The summed E-state index contributed by atoms with van der Waals surface area (Å²) in [5.74, 6) is 1.55. The molecule has 2 saturated carbocycles. The van der Waals surface area contributed by atoms with Gasteiger partial charge in [-0.15, -0.1) is 0 Å². The Balaban J connectivity index is 1.55. The minimum atomic E-state index is -0.366. The maximum atomic E-state index is 11.9. The van der Waals surface area contributed by atoms with E-state index in [1.165, 1.54) is 0 Å². The van der Waals surface area contributed by atoms with Gasteiger partial charge < -0.3 is 15.2 Å². The van der Waals surface area contributed by atoms with Crippen LogP contribution in [-0.4, -0.2) is 23.2 Å². The predicted molar refractivity (Wildman–Crippen MR) is 81.2 cm³/mol. The molecular weight excluding hydrogens is 266 g/mol. The molecule has 0 saturated heterocycles. The Morgan fingerprint density at radius 1 is 1.24 bits per heavy atom. The molecule has 3 rings (SSSR count). The maximum Gasteiger partial charge on any atom is 0.227 e. The summed E-state index contributed by atoms with van der Waals surface area (Å²) >= 11 is 0. The second kappa shape index (κ2) is 6.06. The van der Waals surface area contributed by atoms with Crippen molar-refractivity contribution >= 4 is 11.6 Å². The van der Waals surface area contributed by atoms with Gasteiger partial charge in [0.25, 0.3) is 0 Å². The molecule has 0 aliphatic heterocycles. The van der Waals surface area contributed by atoms with Crippen molar-refractivity contribution in [2.24, 2.45) is 11.8 Å². The average Bonchev–Trinajstić information content (AvgIpc) is 3.21. The molecule has 1 aromatic carbocycles. The van der Waals surface area contributed by atoms with E-state index >= 15 is 0 Å². The third-order valence-corrected chi connectivity index (χ3v) is 4.52. The minimum Gasteiger partial charge on any atom is -0.488 e. The number of anilines is 1. The second-order valence-corrected chi connectivity index (χ2v) is 6.34. The van der Waals surface area contributed by atoms with Gasteiger partial charge in [0.15, 0.2) is 0 Å². The first-order valence-corrected chi connectivity index (χ1v) is 7.89. The van der Waals surface area contributed by atoms with Crippen LogP contribution in [0.25, 0.3) is 0 Å². The number of carbonyl (C=O) groups is 1. The second-order valence-electron chi connectivity index (χ2n) is 6.34. The van der Waals surface area contributed by atoms with Gasteiger partial charge in [-0.05, 0) is 55.9 Å². The molecule has 0 radical (unpaired) electrons. The zero-order chi connectivity index (χ0) is 14.8. The number of benzene rings is 1. The van der Waals surface area contributed by atoms with Gasteiger partial charge in [0.1, 0.15) is 11.9 Å². The molecular formula is C17H23NO3. The molecule has 2 aliphatic rings. The molecule has 0 bridgehead atoms. The Hall–Kier alpha value is -1.55. The fraction of sp³-hybridized carbons (Fsp3) is 0.588. The molecule has 2 aliphatic carbocycles. The van der Waals surface area contributed by atoms with Gasteiger partial charge in [-0.1, -0.05) is 13.3 Å². The summed E-state index contributed by atoms with van der Waals surface area (Å²) in [7, 11) is 0. The summed E-state index contributed by atoms with van der Waals surface area (Å²) in [5.41, 5.74) is 0.802. The van der Waals surface area contributed by atoms with Crippen LogP contribution < -0.4 is 10.1 Å². The number of rotatable bonds is 4. The normalized spacial score (nSPS) is 31.5. The number of hydrogen-bond acceptors (Lipinski definition) is 3. The first-order valence-electron chi connectivity index (χ1n) is 7.89. The molecule has 1 amide bonds. The summed E-state index contributed by atoms with van der Waals surface area (Å²) in [6.45, 7) is 2.09. The highest BCUT2D eigenvalue weighted by molar-refractivity contribution is 5.94. The average molecular weight is 289 g/mol. The van der Waals surface area contributed by atoms with Gasteiger partial charge in [-0.3, -0.25) is 4.79 Å². The monoisotopic (exact) mass is 289 g/mol. The lowest BCUT2D eigenvalue weighted by Gasteiger charge is -2.28. The van der Waals surface area contributed by atoms with Crippen LogP contribution in [0.1, 0.15) is 39.0 Å². The van der Waals surface area contributed by atoms with E-state index in [0.29, 0.717) is 5.92 Å². The molecule has 0 spiro atoms. The lowest BCUT2D eigenvalue weighted by atomic mass is 9.95. The van der Waals surface area contributed by atoms with Gasteiger partial charge in [0, 0.05) is 11.6 Å². The summed E-state index contributed by atoms with van der Waals surface area (Å²) in [4.78, 5) is 11.9. The first kappa shape index (κ1) is 14.4. The SMILES string of the molecule is CC1CC1C(=O)Nc1ccc(OC2CCCCC2O)cc1. The van der Waals surface area contributed by atoms with Crippen LogP contribution in [0.4, 0.5) is 5.69 Å². The van der Waals surface area contributed by atoms with Crippen molar-refractivity contribution in [2.75, 3.05) is 5.32 Å². The number of aliphatic hydroxyl groups excluding tert-OH is 1. The molecule has 2 fully saturated rings. The van der Waals surface area contributed by atoms with Gasteiger partial charge in [-0.2, -0.15) is 0 Å². The first-order chi connectivity index (χ1) is 10.1. The number of ether oxygens (including phenoxy) is 1. The standard InChI is InChI=1S/C17H23NO3/c1-11-10-14(11)17(20)18-12-6-8-13(9-7-12)21-16-5-3-2-4-15(16)19/h6-9,11,14-16,19H,2-5,10H2,1H3,(H,18,20). The minimum absolute atomic E-state index is 0.105. The largest absolute Gasteiger partial charge is 0.488 e. The lowest BCUT2D eigenvalue weighted by Crippen LogP contribution is -2.34. The topological polar surface area (TPSA) is 58.6 Å². The number of amides is 1. The van der Waals surface area contributed by atoms with Crippen LogP contribution in [0.2, 0.25) is 0 Å². The maximum absolute atomic E-state index is 11.9. The number of nitrogens with one attached hydrogen (secondary N) is 1.